The summed E-state index contributed by atoms with van der Waals surface area (Å²) in [4.78, 5) is 22.7. The van der Waals surface area contributed by atoms with Crippen molar-refractivity contribution in [2.24, 2.45) is 5.92 Å². The minimum absolute atomic E-state index is 0.0650. The maximum atomic E-state index is 13.7. The van der Waals surface area contributed by atoms with Crippen molar-refractivity contribution >= 4 is 17.5 Å². The van der Waals surface area contributed by atoms with Gasteiger partial charge in [-0.3, -0.25) is 14.7 Å². The minimum Gasteiger partial charge on any atom is -0.506 e. The second kappa shape index (κ2) is 10.8. The summed E-state index contributed by atoms with van der Waals surface area (Å²) < 4.78 is 0. The highest BCUT2D eigenvalue weighted by atomic mass is 35.5. The Kier molecular flexibility index (Phi) is 7.35. The highest BCUT2D eigenvalue weighted by Crippen LogP contribution is 2.36. The fourth-order valence-corrected chi connectivity index (χ4v) is 5.52. The summed E-state index contributed by atoms with van der Waals surface area (Å²) in [6, 6.07) is 22.1. The zero-order valence-electron chi connectivity index (χ0n) is 19.9. The average molecular weight is 490 g/mol. The van der Waals surface area contributed by atoms with Crippen LogP contribution in [0.5, 0.6) is 5.75 Å². The first-order valence-electron chi connectivity index (χ1n) is 12.6. The van der Waals surface area contributed by atoms with Crippen molar-refractivity contribution < 1.29 is 9.90 Å². The lowest BCUT2D eigenvalue weighted by Crippen LogP contribution is -2.50. The number of hydrogen-bond acceptors (Lipinski definition) is 4. The van der Waals surface area contributed by atoms with Gasteiger partial charge < -0.3 is 10.0 Å². The van der Waals surface area contributed by atoms with Gasteiger partial charge in [0.05, 0.1) is 5.02 Å². The topological polar surface area (TPSA) is 56.7 Å². The van der Waals surface area contributed by atoms with Gasteiger partial charge in [0.25, 0.3) is 5.91 Å². The Labute approximate surface area is 212 Å². The first-order valence-corrected chi connectivity index (χ1v) is 12.9. The number of nitrogens with zero attached hydrogens (tertiary/aromatic N) is 3. The van der Waals surface area contributed by atoms with Crippen molar-refractivity contribution in [2.45, 2.75) is 50.7 Å². The number of benzene rings is 2. The van der Waals surface area contributed by atoms with Crippen LogP contribution in [0, 0.1) is 5.92 Å². The van der Waals surface area contributed by atoms with Gasteiger partial charge in [-0.05, 0) is 86.5 Å². The summed E-state index contributed by atoms with van der Waals surface area (Å²) >= 11 is 6.11. The Bertz CT molecular complexity index is 1130. The predicted octanol–water partition coefficient (Wildman–Crippen LogP) is 5.57. The number of rotatable bonds is 8. The molecule has 1 amide bonds. The first-order chi connectivity index (χ1) is 17.1. The zero-order chi connectivity index (χ0) is 24.2. The Hall–Kier alpha value is -2.89. The molecular formula is C29H32ClN3O2. The van der Waals surface area contributed by atoms with E-state index in [0.717, 1.165) is 57.3 Å². The lowest BCUT2D eigenvalue weighted by atomic mass is 9.84. The van der Waals surface area contributed by atoms with Gasteiger partial charge in [-0.2, -0.15) is 0 Å². The van der Waals surface area contributed by atoms with E-state index in [1.54, 1.807) is 12.3 Å². The summed E-state index contributed by atoms with van der Waals surface area (Å²) in [5.41, 5.74) is 2.93. The second-order valence-corrected chi connectivity index (χ2v) is 10.2. The van der Waals surface area contributed by atoms with Gasteiger partial charge in [0.1, 0.15) is 11.4 Å². The SMILES string of the molecule is O=C(c1ccccn1)N(C1CC1)C(Cc1ccccc1)C1CCN(Cc2ccc(O)c(Cl)c2)CC1. The molecule has 2 aliphatic rings. The van der Waals surface area contributed by atoms with E-state index in [0.29, 0.717) is 22.7 Å². The highest BCUT2D eigenvalue weighted by Gasteiger charge is 2.42. The van der Waals surface area contributed by atoms with Crippen LogP contribution in [-0.4, -0.2) is 51.0 Å². The molecule has 2 heterocycles. The van der Waals surface area contributed by atoms with Crippen LogP contribution in [0.15, 0.2) is 72.9 Å². The van der Waals surface area contributed by atoms with Crippen molar-refractivity contribution in [3.05, 3.63) is 94.8 Å². The molecule has 0 spiro atoms. The van der Waals surface area contributed by atoms with Gasteiger partial charge in [-0.25, -0.2) is 0 Å². The average Bonchev–Trinajstić information content (AvgIpc) is 3.73. The number of phenolic OH excluding ortho intramolecular Hbond substituents is 1. The molecular weight excluding hydrogens is 458 g/mol. The molecule has 0 radical (unpaired) electrons. The molecule has 1 N–H and O–H groups in total. The molecule has 1 aliphatic carbocycles. The molecule has 35 heavy (non-hydrogen) atoms. The molecule has 182 valence electrons. The van der Waals surface area contributed by atoms with Crippen LogP contribution in [0.25, 0.3) is 0 Å². The number of carbonyl (C=O) groups is 1. The quantitative estimate of drug-likeness (QED) is 0.449. The summed E-state index contributed by atoms with van der Waals surface area (Å²) in [6.07, 6.45) is 6.81. The number of carbonyl (C=O) groups excluding carboxylic acids is 1. The molecule has 1 unspecified atom stereocenters. The number of amides is 1. The van der Waals surface area contributed by atoms with E-state index in [1.165, 1.54) is 5.56 Å². The van der Waals surface area contributed by atoms with Crippen molar-refractivity contribution in [1.29, 1.82) is 0 Å². The largest absolute Gasteiger partial charge is 0.506 e. The molecule has 0 bridgehead atoms. The van der Waals surface area contributed by atoms with Crippen molar-refractivity contribution in [3.8, 4) is 5.75 Å². The monoisotopic (exact) mass is 489 g/mol. The van der Waals surface area contributed by atoms with Gasteiger partial charge in [-0.15, -0.1) is 0 Å². The Morgan fingerprint density at radius 2 is 1.74 bits per heavy atom. The Morgan fingerprint density at radius 1 is 1.00 bits per heavy atom. The molecule has 5 nitrogen and oxygen atoms in total. The normalized spacial score (nSPS) is 17.7. The number of aromatic hydroxyl groups is 1. The lowest BCUT2D eigenvalue weighted by molar-refractivity contribution is 0.0477. The van der Waals surface area contributed by atoms with E-state index in [-0.39, 0.29) is 17.7 Å². The molecule has 1 aliphatic heterocycles. The fraction of sp³-hybridized carbons (Fsp3) is 0.379. The number of likely N-dealkylation sites (tertiary alicyclic amines) is 1. The smallest absolute Gasteiger partial charge is 0.272 e. The number of halogens is 1. The number of aromatic nitrogens is 1. The number of hydrogen-bond donors (Lipinski definition) is 1. The van der Waals surface area contributed by atoms with Gasteiger partial charge in [0.15, 0.2) is 0 Å². The van der Waals surface area contributed by atoms with E-state index >= 15 is 0 Å². The van der Waals surface area contributed by atoms with E-state index in [9.17, 15) is 9.90 Å². The van der Waals surface area contributed by atoms with E-state index in [1.807, 2.05) is 36.4 Å². The van der Waals surface area contributed by atoms with Crippen molar-refractivity contribution in [3.63, 3.8) is 0 Å². The summed E-state index contributed by atoms with van der Waals surface area (Å²) in [6.45, 7) is 2.77. The van der Waals surface area contributed by atoms with Crippen LogP contribution in [-0.2, 0) is 13.0 Å². The van der Waals surface area contributed by atoms with Gasteiger partial charge in [-0.1, -0.05) is 54.1 Å². The third-order valence-corrected chi connectivity index (χ3v) is 7.60. The van der Waals surface area contributed by atoms with Crippen LogP contribution in [0.2, 0.25) is 5.02 Å². The summed E-state index contributed by atoms with van der Waals surface area (Å²) in [5.74, 6) is 0.619. The minimum atomic E-state index is 0.0650. The van der Waals surface area contributed by atoms with E-state index in [2.05, 4.69) is 39.0 Å². The highest BCUT2D eigenvalue weighted by molar-refractivity contribution is 6.32. The lowest BCUT2D eigenvalue weighted by Gasteiger charge is -2.42. The van der Waals surface area contributed by atoms with Crippen LogP contribution in [0.3, 0.4) is 0 Å². The van der Waals surface area contributed by atoms with Crippen LogP contribution < -0.4 is 0 Å². The molecule has 1 aromatic heterocycles. The maximum Gasteiger partial charge on any atom is 0.272 e. The van der Waals surface area contributed by atoms with Crippen molar-refractivity contribution in [2.75, 3.05) is 13.1 Å². The van der Waals surface area contributed by atoms with Gasteiger partial charge in [0, 0.05) is 24.8 Å². The molecule has 3 aromatic rings. The third-order valence-electron chi connectivity index (χ3n) is 7.30. The molecule has 6 heteroatoms. The molecule has 1 atom stereocenters. The fourth-order valence-electron chi connectivity index (χ4n) is 5.31. The van der Waals surface area contributed by atoms with Crippen LogP contribution in [0.4, 0.5) is 0 Å². The number of phenols is 1. The molecule has 1 saturated carbocycles. The maximum absolute atomic E-state index is 13.7. The molecule has 5 rings (SSSR count). The molecule has 2 fully saturated rings. The van der Waals surface area contributed by atoms with E-state index < -0.39 is 0 Å². The second-order valence-electron chi connectivity index (χ2n) is 9.81. The summed E-state index contributed by atoms with van der Waals surface area (Å²) in [5, 5.41) is 10.1. The van der Waals surface area contributed by atoms with Crippen molar-refractivity contribution in [1.82, 2.24) is 14.8 Å². The predicted molar refractivity (Wildman–Crippen MR) is 138 cm³/mol. The van der Waals surface area contributed by atoms with E-state index in [4.69, 9.17) is 11.6 Å². The number of piperidine rings is 1. The molecule has 2 aromatic carbocycles. The summed E-state index contributed by atoms with van der Waals surface area (Å²) in [7, 11) is 0. The number of pyridine rings is 1. The van der Waals surface area contributed by atoms with Crippen LogP contribution in [0.1, 0.15) is 47.3 Å². The Morgan fingerprint density at radius 3 is 2.40 bits per heavy atom. The zero-order valence-corrected chi connectivity index (χ0v) is 20.6. The Balaban J connectivity index is 1.33. The van der Waals surface area contributed by atoms with Crippen LogP contribution >= 0.6 is 11.6 Å². The standard InChI is InChI=1S/C29H32ClN3O2/c30-25-18-22(9-12-28(25)34)20-32-16-13-23(14-17-32)27(19-21-6-2-1-3-7-21)33(24-10-11-24)29(35)26-8-4-5-15-31-26/h1-9,12,15,18,23-24,27,34H,10-11,13-14,16-17,19-20H2. The first kappa shape index (κ1) is 23.8. The third kappa shape index (κ3) is 5.85. The van der Waals surface area contributed by atoms with Gasteiger partial charge in [0.2, 0.25) is 0 Å². The molecule has 1 saturated heterocycles. The van der Waals surface area contributed by atoms with Gasteiger partial charge >= 0.3 is 0 Å².